The Labute approximate surface area is 114 Å². The maximum atomic E-state index is 12.6. The van der Waals surface area contributed by atoms with Crippen molar-refractivity contribution in [3.8, 4) is 0 Å². The maximum Gasteiger partial charge on any atom is 0.435 e. The van der Waals surface area contributed by atoms with Crippen molar-refractivity contribution in [3.05, 3.63) is 45.9 Å². The number of H-pyrrole nitrogens is 2. The summed E-state index contributed by atoms with van der Waals surface area (Å²) in [6, 6.07) is 4.92. The van der Waals surface area contributed by atoms with Gasteiger partial charge in [0.25, 0.3) is 5.56 Å². The molecule has 10 heteroatoms. The molecule has 0 bridgehead atoms. The normalized spacial score (nSPS) is 12.0. The topological polar surface area (TPSA) is 111 Å². The lowest BCUT2D eigenvalue weighted by Gasteiger charge is -2.02. The number of alkyl halides is 3. The second-order valence-electron chi connectivity index (χ2n) is 3.85. The van der Waals surface area contributed by atoms with E-state index in [0.717, 1.165) is 0 Å². The largest absolute Gasteiger partial charge is 0.478 e. The fourth-order valence-electron chi connectivity index (χ4n) is 1.43. The summed E-state index contributed by atoms with van der Waals surface area (Å²) in [6.07, 6.45) is -4.78. The highest BCUT2D eigenvalue weighted by atomic mass is 19.4. The standard InChI is InChI=1S/C11H7F3N4O3/c12-11(13,14)8-7(9(19)18-17-8)16-15-6-3-1-5(2-4-6)10(20)21/h1-4H,(H,20,21)(H2,17,18,19). The third-order valence-corrected chi connectivity index (χ3v) is 2.42. The van der Waals surface area contributed by atoms with E-state index < -0.39 is 29.1 Å². The number of carboxylic acids is 1. The second kappa shape index (κ2) is 5.23. The van der Waals surface area contributed by atoms with Gasteiger partial charge in [-0.15, -0.1) is 5.11 Å². The molecule has 1 aromatic carbocycles. The minimum atomic E-state index is -4.78. The minimum absolute atomic E-state index is 0.00979. The number of nitrogens with zero attached hydrogens (tertiary/aromatic N) is 2. The first-order chi connectivity index (χ1) is 9.79. The number of aromatic carboxylic acids is 1. The summed E-state index contributed by atoms with van der Waals surface area (Å²) in [7, 11) is 0. The summed E-state index contributed by atoms with van der Waals surface area (Å²) in [5, 5.41) is 18.9. The molecule has 1 heterocycles. The predicted octanol–water partition coefficient (Wildman–Crippen LogP) is 2.84. The lowest BCUT2D eigenvalue weighted by Crippen LogP contribution is -2.06. The molecule has 21 heavy (non-hydrogen) atoms. The number of hydrogen-bond donors (Lipinski definition) is 3. The van der Waals surface area contributed by atoms with E-state index >= 15 is 0 Å². The number of carboxylic acid groups (broad SMARTS) is 1. The van der Waals surface area contributed by atoms with E-state index in [-0.39, 0.29) is 11.3 Å². The van der Waals surface area contributed by atoms with Crippen molar-refractivity contribution in [2.24, 2.45) is 10.2 Å². The highest BCUT2D eigenvalue weighted by Gasteiger charge is 2.37. The molecule has 0 amide bonds. The zero-order valence-electron chi connectivity index (χ0n) is 10.1. The van der Waals surface area contributed by atoms with Crippen LogP contribution in [0.15, 0.2) is 39.3 Å². The van der Waals surface area contributed by atoms with Crippen molar-refractivity contribution < 1.29 is 23.1 Å². The Morgan fingerprint density at radius 3 is 2.24 bits per heavy atom. The lowest BCUT2D eigenvalue weighted by molar-refractivity contribution is -0.140. The molecule has 0 saturated heterocycles. The summed E-state index contributed by atoms with van der Waals surface area (Å²) in [6.45, 7) is 0. The lowest BCUT2D eigenvalue weighted by atomic mass is 10.2. The van der Waals surface area contributed by atoms with Crippen LogP contribution in [0.25, 0.3) is 0 Å². The molecule has 2 aromatic rings. The van der Waals surface area contributed by atoms with Gasteiger partial charge in [0, 0.05) is 0 Å². The van der Waals surface area contributed by atoms with Crippen molar-refractivity contribution in [3.63, 3.8) is 0 Å². The number of halogens is 3. The SMILES string of the molecule is O=C(O)c1ccc(N=Nc2c(C(F)(F)F)[nH][nH]c2=O)cc1. The average Bonchev–Trinajstić information content (AvgIpc) is 2.78. The smallest absolute Gasteiger partial charge is 0.435 e. The van der Waals surface area contributed by atoms with E-state index in [1.807, 2.05) is 0 Å². The van der Waals surface area contributed by atoms with Crippen LogP contribution in [0.5, 0.6) is 0 Å². The Balaban J connectivity index is 2.32. The third-order valence-electron chi connectivity index (χ3n) is 2.42. The monoisotopic (exact) mass is 300 g/mol. The number of nitrogens with one attached hydrogen (secondary N) is 2. The first-order valence-electron chi connectivity index (χ1n) is 5.42. The van der Waals surface area contributed by atoms with Gasteiger partial charge in [-0.1, -0.05) is 0 Å². The van der Waals surface area contributed by atoms with E-state index in [1.54, 1.807) is 10.2 Å². The molecule has 110 valence electrons. The molecular formula is C11H7F3N4O3. The second-order valence-corrected chi connectivity index (χ2v) is 3.85. The molecule has 2 rings (SSSR count). The molecule has 0 unspecified atom stereocenters. The Bertz CT molecular complexity index is 743. The van der Waals surface area contributed by atoms with Crippen LogP contribution < -0.4 is 5.56 Å². The molecule has 0 aliphatic carbocycles. The van der Waals surface area contributed by atoms with Gasteiger partial charge in [-0.05, 0) is 24.3 Å². The number of rotatable bonds is 3. The summed E-state index contributed by atoms with van der Waals surface area (Å²) in [5.74, 6) is -1.15. The zero-order chi connectivity index (χ0) is 15.6. The number of aromatic nitrogens is 2. The molecule has 7 nitrogen and oxygen atoms in total. The molecule has 0 atom stereocenters. The molecule has 0 aliphatic rings. The van der Waals surface area contributed by atoms with Crippen LogP contribution in [0, 0.1) is 0 Å². The molecule has 0 saturated carbocycles. The van der Waals surface area contributed by atoms with Gasteiger partial charge in [0.15, 0.2) is 11.4 Å². The van der Waals surface area contributed by atoms with Gasteiger partial charge in [-0.25, -0.2) is 4.79 Å². The van der Waals surface area contributed by atoms with E-state index in [9.17, 15) is 22.8 Å². The van der Waals surface area contributed by atoms with Gasteiger partial charge >= 0.3 is 12.1 Å². The van der Waals surface area contributed by atoms with Crippen LogP contribution in [0.2, 0.25) is 0 Å². The van der Waals surface area contributed by atoms with Crippen molar-refractivity contribution in [1.82, 2.24) is 10.2 Å². The van der Waals surface area contributed by atoms with Crippen LogP contribution in [-0.4, -0.2) is 21.3 Å². The van der Waals surface area contributed by atoms with Crippen LogP contribution in [0.4, 0.5) is 24.5 Å². The Morgan fingerprint density at radius 1 is 1.10 bits per heavy atom. The predicted molar refractivity (Wildman–Crippen MR) is 64.0 cm³/mol. The molecule has 0 fully saturated rings. The van der Waals surface area contributed by atoms with Gasteiger partial charge in [0.2, 0.25) is 0 Å². The Morgan fingerprint density at radius 2 is 1.71 bits per heavy atom. The first-order valence-corrected chi connectivity index (χ1v) is 5.42. The van der Waals surface area contributed by atoms with Crippen LogP contribution in [0.3, 0.4) is 0 Å². The van der Waals surface area contributed by atoms with Crippen LogP contribution >= 0.6 is 0 Å². The van der Waals surface area contributed by atoms with E-state index in [2.05, 4.69) is 10.2 Å². The zero-order valence-corrected chi connectivity index (χ0v) is 10.1. The van der Waals surface area contributed by atoms with E-state index in [0.29, 0.717) is 0 Å². The van der Waals surface area contributed by atoms with Crippen molar-refractivity contribution in [2.75, 3.05) is 0 Å². The minimum Gasteiger partial charge on any atom is -0.478 e. The van der Waals surface area contributed by atoms with E-state index in [4.69, 9.17) is 5.11 Å². The number of benzene rings is 1. The highest BCUT2D eigenvalue weighted by molar-refractivity contribution is 5.87. The van der Waals surface area contributed by atoms with Crippen molar-refractivity contribution >= 4 is 17.3 Å². The van der Waals surface area contributed by atoms with Gasteiger partial charge in [-0.3, -0.25) is 15.0 Å². The highest BCUT2D eigenvalue weighted by Crippen LogP contribution is 2.33. The quantitative estimate of drug-likeness (QED) is 0.758. The average molecular weight is 300 g/mol. The Hall–Kier alpha value is -2.91. The molecule has 1 aromatic heterocycles. The molecule has 3 N–H and O–H groups in total. The van der Waals surface area contributed by atoms with Gasteiger partial charge in [0.1, 0.15) is 0 Å². The molecule has 0 radical (unpaired) electrons. The number of carbonyl (C=O) groups is 1. The van der Waals surface area contributed by atoms with Gasteiger partial charge < -0.3 is 5.11 Å². The summed E-state index contributed by atoms with van der Waals surface area (Å²) in [5.41, 5.74) is -3.20. The third kappa shape index (κ3) is 3.16. The molecule has 0 spiro atoms. The van der Waals surface area contributed by atoms with Gasteiger partial charge in [-0.2, -0.15) is 18.3 Å². The maximum absolute atomic E-state index is 12.6. The molecule has 0 aliphatic heterocycles. The summed E-state index contributed by atoms with van der Waals surface area (Å²) >= 11 is 0. The fraction of sp³-hybridized carbons (Fsp3) is 0.0909. The van der Waals surface area contributed by atoms with Crippen molar-refractivity contribution in [2.45, 2.75) is 6.18 Å². The fourth-order valence-corrected chi connectivity index (χ4v) is 1.43. The number of aromatic amines is 2. The van der Waals surface area contributed by atoms with Gasteiger partial charge in [0.05, 0.1) is 11.3 Å². The Kier molecular flexibility index (Phi) is 3.61. The van der Waals surface area contributed by atoms with Crippen LogP contribution in [-0.2, 0) is 6.18 Å². The van der Waals surface area contributed by atoms with E-state index in [1.165, 1.54) is 24.3 Å². The summed E-state index contributed by atoms with van der Waals surface area (Å²) in [4.78, 5) is 21.9. The van der Waals surface area contributed by atoms with Crippen molar-refractivity contribution in [1.29, 1.82) is 0 Å². The number of azo groups is 1. The molecular weight excluding hydrogens is 293 g/mol. The first kappa shape index (κ1) is 14.5. The number of hydrogen-bond acceptors (Lipinski definition) is 4. The summed E-state index contributed by atoms with van der Waals surface area (Å²) < 4.78 is 37.7. The van der Waals surface area contributed by atoms with Crippen LogP contribution in [0.1, 0.15) is 16.1 Å².